The lowest BCUT2D eigenvalue weighted by atomic mass is 9.87. The van der Waals surface area contributed by atoms with Crippen LogP contribution in [0.5, 0.6) is 5.75 Å². The molecular formula is C21H19F4N3O4. The van der Waals surface area contributed by atoms with Gasteiger partial charge in [-0.3, -0.25) is 10.1 Å². The minimum atomic E-state index is -4.79. The Hall–Kier alpha value is -3.34. The number of rotatable bonds is 4. The molecule has 32 heavy (non-hydrogen) atoms. The van der Waals surface area contributed by atoms with Crippen molar-refractivity contribution in [3.8, 4) is 5.75 Å². The molecule has 2 heterocycles. The number of hydrogen-bond donors (Lipinski definition) is 1. The Morgan fingerprint density at radius 3 is 2.38 bits per heavy atom. The second-order valence-electron chi connectivity index (χ2n) is 7.54. The van der Waals surface area contributed by atoms with Crippen LogP contribution in [0.4, 0.5) is 33.7 Å². The number of anilines is 2. The lowest BCUT2D eigenvalue weighted by Crippen LogP contribution is -2.45. The van der Waals surface area contributed by atoms with Gasteiger partial charge in [0.15, 0.2) is 0 Å². The lowest BCUT2D eigenvalue weighted by molar-refractivity contribution is -0.274. The fraction of sp³-hybridized carbons (Fsp3) is 0.333. The van der Waals surface area contributed by atoms with Crippen molar-refractivity contribution < 1.29 is 36.7 Å². The maximum atomic E-state index is 13.0. The molecule has 2 aliphatic heterocycles. The zero-order chi connectivity index (χ0) is 22.9. The van der Waals surface area contributed by atoms with Gasteiger partial charge in [-0.25, -0.2) is 9.18 Å². The zero-order valence-corrected chi connectivity index (χ0v) is 16.6. The van der Waals surface area contributed by atoms with Gasteiger partial charge in [0.2, 0.25) is 5.91 Å². The van der Waals surface area contributed by atoms with Crippen LogP contribution in [0.1, 0.15) is 6.42 Å². The minimum Gasteiger partial charge on any atom is -0.406 e. The number of ether oxygens (including phenoxy) is 1. The molecule has 0 saturated carbocycles. The summed E-state index contributed by atoms with van der Waals surface area (Å²) in [5, 5.41) is 3.90. The van der Waals surface area contributed by atoms with E-state index in [1.807, 2.05) is 0 Å². The van der Waals surface area contributed by atoms with E-state index in [0.29, 0.717) is 30.9 Å². The van der Waals surface area contributed by atoms with Crippen LogP contribution in [-0.2, 0) is 9.63 Å². The van der Waals surface area contributed by atoms with E-state index < -0.39 is 24.2 Å². The number of amides is 2. The molecule has 2 aliphatic rings. The van der Waals surface area contributed by atoms with Gasteiger partial charge in [0.1, 0.15) is 11.6 Å². The molecule has 2 amide bonds. The first-order chi connectivity index (χ1) is 15.2. The summed E-state index contributed by atoms with van der Waals surface area (Å²) in [7, 11) is 0. The highest BCUT2D eigenvalue weighted by molar-refractivity contribution is 5.96. The Labute approximate surface area is 180 Å². The number of nitrogens with zero attached hydrogens (tertiary/aromatic N) is 2. The van der Waals surface area contributed by atoms with Crippen molar-refractivity contribution in [3.05, 3.63) is 54.3 Å². The Balaban J connectivity index is 1.34. The highest BCUT2D eigenvalue weighted by Gasteiger charge is 2.44. The minimum absolute atomic E-state index is 0.00907. The van der Waals surface area contributed by atoms with Crippen LogP contribution in [0.15, 0.2) is 48.5 Å². The Kier molecular flexibility index (Phi) is 5.92. The zero-order valence-electron chi connectivity index (χ0n) is 16.6. The SMILES string of the molecule is O=C(Nc1ccc(F)cc1)ON1C[C@@H]2CCN(c3ccc(OC(F)(F)F)cc3)C(=O)[C@@H]2C1. The fourth-order valence-corrected chi connectivity index (χ4v) is 3.96. The van der Waals surface area contributed by atoms with Gasteiger partial charge in [-0.15, -0.1) is 18.2 Å². The smallest absolute Gasteiger partial charge is 0.406 e. The summed E-state index contributed by atoms with van der Waals surface area (Å²) in [6, 6.07) is 10.3. The molecule has 4 rings (SSSR count). The summed E-state index contributed by atoms with van der Waals surface area (Å²) in [4.78, 5) is 31.9. The maximum Gasteiger partial charge on any atom is 0.573 e. The Morgan fingerprint density at radius 1 is 1.03 bits per heavy atom. The number of alkyl halides is 3. The van der Waals surface area contributed by atoms with Gasteiger partial charge in [0, 0.05) is 31.0 Å². The predicted molar refractivity (Wildman–Crippen MR) is 105 cm³/mol. The van der Waals surface area contributed by atoms with Crippen LogP contribution in [-0.4, -0.2) is 43.1 Å². The molecule has 1 N–H and O–H groups in total. The van der Waals surface area contributed by atoms with Gasteiger partial charge < -0.3 is 14.5 Å². The second-order valence-corrected chi connectivity index (χ2v) is 7.54. The summed E-state index contributed by atoms with van der Waals surface area (Å²) >= 11 is 0. The van der Waals surface area contributed by atoms with E-state index in [-0.39, 0.29) is 24.1 Å². The van der Waals surface area contributed by atoms with E-state index in [1.54, 1.807) is 0 Å². The number of carbonyl (C=O) groups excluding carboxylic acids is 2. The number of halogens is 4. The molecule has 0 radical (unpaired) electrons. The first-order valence-electron chi connectivity index (χ1n) is 9.84. The fourth-order valence-electron chi connectivity index (χ4n) is 3.96. The summed E-state index contributed by atoms with van der Waals surface area (Å²) in [5.74, 6) is -1.40. The van der Waals surface area contributed by atoms with Crippen molar-refractivity contribution in [2.24, 2.45) is 11.8 Å². The molecule has 2 aromatic rings. The highest BCUT2D eigenvalue weighted by Crippen LogP contribution is 2.35. The lowest BCUT2D eigenvalue weighted by Gasteiger charge is -2.33. The molecule has 2 fully saturated rings. The molecule has 2 atom stereocenters. The van der Waals surface area contributed by atoms with Gasteiger partial charge >= 0.3 is 12.5 Å². The molecule has 0 bridgehead atoms. The van der Waals surface area contributed by atoms with Crippen LogP contribution >= 0.6 is 0 Å². The molecule has 2 saturated heterocycles. The maximum absolute atomic E-state index is 13.0. The molecule has 170 valence electrons. The van der Waals surface area contributed by atoms with Crippen molar-refractivity contribution in [2.75, 3.05) is 29.9 Å². The molecular weight excluding hydrogens is 434 g/mol. The van der Waals surface area contributed by atoms with Gasteiger partial charge in [-0.05, 0) is 60.9 Å². The van der Waals surface area contributed by atoms with Gasteiger partial charge in [0.25, 0.3) is 0 Å². The number of benzene rings is 2. The quantitative estimate of drug-likeness (QED) is 0.704. The monoisotopic (exact) mass is 453 g/mol. The molecule has 11 heteroatoms. The van der Waals surface area contributed by atoms with Crippen molar-refractivity contribution in [3.63, 3.8) is 0 Å². The third kappa shape index (κ3) is 5.10. The van der Waals surface area contributed by atoms with Crippen LogP contribution in [0.3, 0.4) is 0 Å². The first kappa shape index (κ1) is 21.9. The van der Waals surface area contributed by atoms with Gasteiger partial charge in [-0.2, -0.15) is 0 Å². The van der Waals surface area contributed by atoms with Crippen LogP contribution < -0.4 is 15.0 Å². The van der Waals surface area contributed by atoms with Crippen LogP contribution in [0.25, 0.3) is 0 Å². The molecule has 0 unspecified atom stereocenters. The van der Waals surface area contributed by atoms with Crippen LogP contribution in [0, 0.1) is 17.7 Å². The second kappa shape index (κ2) is 8.65. The molecule has 0 aliphatic carbocycles. The number of nitrogens with one attached hydrogen (secondary N) is 1. The van der Waals surface area contributed by atoms with E-state index >= 15 is 0 Å². The summed E-state index contributed by atoms with van der Waals surface area (Å²) < 4.78 is 53.8. The van der Waals surface area contributed by atoms with E-state index in [1.165, 1.54) is 46.4 Å². The van der Waals surface area contributed by atoms with E-state index in [2.05, 4.69) is 10.1 Å². The van der Waals surface area contributed by atoms with E-state index in [4.69, 9.17) is 4.84 Å². The summed E-state index contributed by atoms with van der Waals surface area (Å²) in [5.41, 5.74) is 0.838. The van der Waals surface area contributed by atoms with Crippen molar-refractivity contribution >= 4 is 23.4 Å². The number of piperidine rings is 1. The van der Waals surface area contributed by atoms with Crippen molar-refractivity contribution in [2.45, 2.75) is 12.8 Å². The Morgan fingerprint density at radius 2 is 1.72 bits per heavy atom. The first-order valence-corrected chi connectivity index (χ1v) is 9.84. The number of hydrogen-bond acceptors (Lipinski definition) is 5. The summed E-state index contributed by atoms with van der Waals surface area (Å²) in [6.07, 6.45) is -4.89. The number of hydroxylamine groups is 2. The van der Waals surface area contributed by atoms with Crippen molar-refractivity contribution in [1.29, 1.82) is 0 Å². The average Bonchev–Trinajstić information content (AvgIpc) is 3.13. The predicted octanol–water partition coefficient (Wildman–Crippen LogP) is 4.17. The highest BCUT2D eigenvalue weighted by atomic mass is 19.4. The number of carbonyl (C=O) groups is 2. The van der Waals surface area contributed by atoms with Crippen molar-refractivity contribution in [1.82, 2.24) is 5.06 Å². The largest absolute Gasteiger partial charge is 0.573 e. The van der Waals surface area contributed by atoms with Gasteiger partial charge in [-0.1, -0.05) is 0 Å². The summed E-state index contributed by atoms with van der Waals surface area (Å²) in [6.45, 7) is 0.987. The van der Waals surface area contributed by atoms with E-state index in [9.17, 15) is 27.2 Å². The van der Waals surface area contributed by atoms with Gasteiger partial charge in [0.05, 0.1) is 5.92 Å². The molecule has 0 spiro atoms. The molecule has 0 aromatic heterocycles. The third-order valence-corrected chi connectivity index (χ3v) is 5.40. The average molecular weight is 453 g/mol. The normalized spacial score (nSPS) is 21.2. The third-order valence-electron chi connectivity index (χ3n) is 5.40. The topological polar surface area (TPSA) is 71.1 Å². The molecule has 2 aromatic carbocycles. The van der Waals surface area contributed by atoms with E-state index in [0.717, 1.165) is 12.1 Å². The Bertz CT molecular complexity index is 982. The number of fused-ring (bicyclic) bond motifs is 1. The molecule has 7 nitrogen and oxygen atoms in total. The standard InChI is InChI=1S/C21H19F4N3O4/c22-14-1-3-15(4-2-14)26-20(30)32-27-11-13-9-10-28(19(29)18(13)12-27)16-5-7-17(8-6-16)31-21(23,24)25/h1-8,13,18H,9-12H2,(H,26,30)/t13-,18+/m0/s1. The van der Waals surface area contributed by atoms with Crippen LogP contribution in [0.2, 0.25) is 0 Å².